The maximum atomic E-state index is 12.7. The Kier molecular flexibility index (Phi) is 5.74. The Morgan fingerprint density at radius 3 is 2.62 bits per heavy atom. The number of rotatable bonds is 5. The minimum atomic E-state index is -0.160. The summed E-state index contributed by atoms with van der Waals surface area (Å²) in [6.45, 7) is 6.19. The Morgan fingerprint density at radius 1 is 1.21 bits per heavy atom. The Hall–Kier alpha value is -2.57. The number of benzene rings is 1. The van der Waals surface area contributed by atoms with Crippen LogP contribution in [0.25, 0.3) is 5.00 Å². The average Bonchev–Trinajstić information content (AvgIpc) is 3.35. The monoisotopic (exact) mass is 408 g/mol. The third kappa shape index (κ3) is 4.23. The maximum absolute atomic E-state index is 12.7. The highest BCUT2D eigenvalue weighted by molar-refractivity contribution is 7.15. The van der Waals surface area contributed by atoms with Crippen LogP contribution in [0.5, 0.6) is 0 Å². The number of nitrogens with zero attached hydrogens (tertiary/aromatic N) is 2. The van der Waals surface area contributed by atoms with Gasteiger partial charge in [0.05, 0.1) is 6.04 Å². The predicted molar refractivity (Wildman–Crippen MR) is 120 cm³/mol. The number of aromatic nitrogens is 1. The van der Waals surface area contributed by atoms with Crippen LogP contribution in [0.4, 0.5) is 10.5 Å². The molecule has 5 nitrogen and oxygen atoms in total. The van der Waals surface area contributed by atoms with Crippen LogP contribution in [0, 0.1) is 6.92 Å². The molecule has 29 heavy (non-hydrogen) atoms. The molecule has 1 aromatic carbocycles. The summed E-state index contributed by atoms with van der Waals surface area (Å²) in [5, 5.41) is 7.42. The van der Waals surface area contributed by atoms with Crippen molar-refractivity contribution in [3.63, 3.8) is 0 Å². The second-order valence-electron chi connectivity index (χ2n) is 7.73. The van der Waals surface area contributed by atoms with E-state index in [1.54, 1.807) is 0 Å². The third-order valence-electron chi connectivity index (χ3n) is 5.48. The van der Waals surface area contributed by atoms with Crippen molar-refractivity contribution in [1.82, 2.24) is 14.8 Å². The van der Waals surface area contributed by atoms with E-state index in [0.717, 1.165) is 31.6 Å². The lowest BCUT2D eigenvalue weighted by molar-refractivity contribution is 0.248. The fourth-order valence-corrected chi connectivity index (χ4v) is 5.36. The Morgan fingerprint density at radius 2 is 1.93 bits per heavy atom. The molecular weight excluding hydrogens is 380 g/mol. The topological polar surface area (TPSA) is 49.3 Å². The highest BCUT2D eigenvalue weighted by atomic mass is 32.1. The van der Waals surface area contributed by atoms with Crippen LogP contribution in [0.15, 0.2) is 48.8 Å². The molecule has 0 bridgehead atoms. The third-order valence-corrected chi connectivity index (χ3v) is 6.73. The van der Waals surface area contributed by atoms with Gasteiger partial charge in [0.15, 0.2) is 0 Å². The summed E-state index contributed by atoms with van der Waals surface area (Å²) in [5.41, 5.74) is 4.67. The lowest BCUT2D eigenvalue weighted by Gasteiger charge is -2.25. The van der Waals surface area contributed by atoms with E-state index in [2.05, 4.69) is 46.5 Å². The molecule has 0 saturated carbocycles. The van der Waals surface area contributed by atoms with Crippen molar-refractivity contribution in [1.29, 1.82) is 0 Å². The number of carbonyl (C=O) groups is 1. The number of anilines is 1. The van der Waals surface area contributed by atoms with Crippen LogP contribution >= 0.6 is 11.3 Å². The van der Waals surface area contributed by atoms with Gasteiger partial charge in [-0.25, -0.2) is 4.79 Å². The number of nitrogens with one attached hydrogen (secondary N) is 2. The lowest BCUT2D eigenvalue weighted by Crippen LogP contribution is -2.34. The molecule has 2 aromatic heterocycles. The molecule has 0 aliphatic carbocycles. The van der Waals surface area contributed by atoms with Crippen LogP contribution in [-0.4, -0.2) is 29.1 Å². The van der Waals surface area contributed by atoms with Gasteiger partial charge in [-0.05, 0) is 56.6 Å². The van der Waals surface area contributed by atoms with E-state index in [4.69, 9.17) is 0 Å². The molecule has 3 heterocycles. The van der Waals surface area contributed by atoms with Crippen molar-refractivity contribution >= 4 is 23.1 Å². The van der Waals surface area contributed by atoms with E-state index in [1.165, 1.54) is 26.6 Å². The number of fused-ring (bicyclic) bond motifs is 1. The smallest absolute Gasteiger partial charge is 0.319 e. The van der Waals surface area contributed by atoms with E-state index >= 15 is 0 Å². The average molecular weight is 409 g/mol. The zero-order valence-corrected chi connectivity index (χ0v) is 18.1. The molecule has 0 fully saturated rings. The number of amides is 2. The van der Waals surface area contributed by atoms with Crippen LogP contribution in [-0.2, 0) is 13.0 Å². The number of hydrogen-bond donors (Lipinski definition) is 2. The second-order valence-corrected chi connectivity index (χ2v) is 8.81. The minimum Gasteiger partial charge on any atom is -0.331 e. The first-order valence-corrected chi connectivity index (χ1v) is 11.0. The number of carbonyl (C=O) groups excluding carboxylic acids is 1. The normalized spacial score (nSPS) is 15.0. The van der Waals surface area contributed by atoms with Gasteiger partial charge in [0.1, 0.15) is 5.00 Å². The van der Waals surface area contributed by atoms with Gasteiger partial charge in [-0.1, -0.05) is 24.6 Å². The number of thiophene rings is 1. The van der Waals surface area contributed by atoms with Gasteiger partial charge in [0.2, 0.25) is 0 Å². The predicted octanol–water partition coefficient (Wildman–Crippen LogP) is 5.11. The summed E-state index contributed by atoms with van der Waals surface area (Å²) in [5.74, 6) is 0. The van der Waals surface area contributed by atoms with Crippen LogP contribution in [0.1, 0.15) is 41.0 Å². The first kappa shape index (κ1) is 19.7. The van der Waals surface area contributed by atoms with Gasteiger partial charge in [0, 0.05) is 41.6 Å². The fourth-order valence-electron chi connectivity index (χ4n) is 3.90. The highest BCUT2D eigenvalue weighted by Crippen LogP contribution is 2.40. The van der Waals surface area contributed by atoms with Crippen molar-refractivity contribution in [3.05, 3.63) is 70.4 Å². The van der Waals surface area contributed by atoms with Gasteiger partial charge in [-0.2, -0.15) is 0 Å². The van der Waals surface area contributed by atoms with Crippen LogP contribution < -0.4 is 10.6 Å². The Bertz CT molecular complexity index is 975. The van der Waals surface area contributed by atoms with Crippen molar-refractivity contribution < 1.29 is 4.79 Å². The molecule has 152 valence electrons. The Balaban J connectivity index is 1.62. The second kappa shape index (κ2) is 8.43. The van der Waals surface area contributed by atoms with Crippen molar-refractivity contribution in [2.75, 3.05) is 18.9 Å². The van der Waals surface area contributed by atoms with E-state index in [0.29, 0.717) is 0 Å². The molecule has 4 rings (SSSR count). The van der Waals surface area contributed by atoms with Gasteiger partial charge >= 0.3 is 6.03 Å². The van der Waals surface area contributed by atoms with Crippen molar-refractivity contribution in [2.45, 2.75) is 39.3 Å². The first-order chi connectivity index (χ1) is 14.0. The largest absolute Gasteiger partial charge is 0.331 e. The molecule has 3 aromatic rings. The van der Waals surface area contributed by atoms with Gasteiger partial charge in [0.25, 0.3) is 0 Å². The van der Waals surface area contributed by atoms with Gasteiger partial charge in [-0.15, -0.1) is 11.3 Å². The number of aryl methyl sites for hydroxylation is 1. The fraction of sp³-hybridized carbons (Fsp3) is 0.348. The molecule has 0 radical (unpaired) electrons. The van der Waals surface area contributed by atoms with E-state index in [-0.39, 0.29) is 12.1 Å². The zero-order valence-electron chi connectivity index (χ0n) is 17.2. The molecule has 1 aliphatic heterocycles. The summed E-state index contributed by atoms with van der Waals surface area (Å²) < 4.78 is 2.18. The van der Waals surface area contributed by atoms with E-state index in [9.17, 15) is 4.79 Å². The van der Waals surface area contributed by atoms with Crippen molar-refractivity contribution in [3.8, 4) is 5.00 Å². The first-order valence-electron chi connectivity index (χ1n) is 10.2. The molecule has 6 heteroatoms. The number of urea groups is 1. The Labute approximate surface area is 176 Å². The standard InChI is InChI=1S/C23H28N4OS/c1-4-19(25-23(28)24-17-9-7-16(2)8-10-17)21-18-11-14-26(3)15-20(18)29-22(21)27-12-5-6-13-27/h5-10,12-13,19H,4,11,14-15H2,1-3H3,(H2,24,25,28)/t19-/m0/s1. The highest BCUT2D eigenvalue weighted by Gasteiger charge is 2.28. The van der Waals surface area contributed by atoms with Gasteiger partial charge in [-0.3, -0.25) is 0 Å². The molecule has 0 unspecified atom stereocenters. The molecule has 0 spiro atoms. The zero-order chi connectivity index (χ0) is 20.4. The maximum Gasteiger partial charge on any atom is 0.319 e. The minimum absolute atomic E-state index is 0.0266. The molecule has 1 aliphatic rings. The number of likely N-dealkylation sites (N-methyl/N-ethyl adjacent to an activating group) is 1. The summed E-state index contributed by atoms with van der Waals surface area (Å²) in [6, 6.07) is 11.8. The summed E-state index contributed by atoms with van der Waals surface area (Å²) in [6.07, 6.45) is 6.04. The molecule has 2 N–H and O–H groups in total. The molecule has 1 atom stereocenters. The summed E-state index contributed by atoms with van der Waals surface area (Å²) in [7, 11) is 2.17. The lowest BCUT2D eigenvalue weighted by atomic mass is 9.96. The van der Waals surface area contributed by atoms with Gasteiger partial charge < -0.3 is 20.1 Å². The van der Waals surface area contributed by atoms with E-state index in [1.807, 2.05) is 54.7 Å². The molecule has 2 amide bonds. The summed E-state index contributed by atoms with van der Waals surface area (Å²) >= 11 is 1.85. The van der Waals surface area contributed by atoms with Crippen molar-refractivity contribution in [2.24, 2.45) is 0 Å². The quantitative estimate of drug-likeness (QED) is 0.616. The van der Waals surface area contributed by atoms with E-state index < -0.39 is 0 Å². The summed E-state index contributed by atoms with van der Waals surface area (Å²) in [4.78, 5) is 16.5. The van der Waals surface area contributed by atoms with Crippen LogP contribution in [0.2, 0.25) is 0 Å². The van der Waals surface area contributed by atoms with Crippen LogP contribution in [0.3, 0.4) is 0 Å². The SMILES string of the molecule is CC[C@H](NC(=O)Nc1ccc(C)cc1)c1c(-n2cccc2)sc2c1CCN(C)C2. The molecule has 0 saturated heterocycles. The molecular formula is C23H28N4OS. The number of hydrogen-bond acceptors (Lipinski definition) is 3.